The van der Waals surface area contributed by atoms with Crippen LogP contribution in [0.5, 0.6) is 0 Å². The van der Waals surface area contributed by atoms with Gasteiger partial charge in [-0.1, -0.05) is 0 Å². The summed E-state index contributed by atoms with van der Waals surface area (Å²) in [6, 6.07) is 1.37. The highest BCUT2D eigenvalue weighted by atomic mass is 32.2. The van der Waals surface area contributed by atoms with E-state index in [0.717, 1.165) is 0 Å². The Morgan fingerprint density at radius 3 is 3.06 bits per heavy atom. The van der Waals surface area contributed by atoms with Crippen LogP contribution in [0.3, 0.4) is 0 Å². The second kappa shape index (κ2) is 5.07. The Morgan fingerprint density at radius 2 is 2.44 bits per heavy atom. The Morgan fingerprint density at radius 1 is 1.67 bits per heavy atom. The number of hydrogen-bond acceptors (Lipinski definition) is 5. The Bertz CT molecular complexity index is 537. The molecule has 0 aliphatic carbocycles. The number of aromatic nitrogens is 2. The van der Waals surface area contributed by atoms with Crippen molar-refractivity contribution in [2.75, 3.05) is 23.4 Å². The van der Waals surface area contributed by atoms with Gasteiger partial charge in [-0.05, 0) is 0 Å². The van der Waals surface area contributed by atoms with E-state index in [1.165, 1.54) is 0 Å². The molecule has 0 saturated carbocycles. The second-order valence-electron chi connectivity index (χ2n) is 4.39. The van der Waals surface area contributed by atoms with E-state index in [-0.39, 0.29) is 29.9 Å². The molecule has 0 aromatic carbocycles. The quantitative estimate of drug-likeness (QED) is 0.746. The van der Waals surface area contributed by atoms with Gasteiger partial charge in [-0.3, -0.25) is 9.48 Å². The zero-order chi connectivity index (χ0) is 13.2. The molecule has 1 atom stereocenters. The van der Waals surface area contributed by atoms with Crippen molar-refractivity contribution in [2.45, 2.75) is 12.5 Å². The Balaban J connectivity index is 1.88. The maximum atomic E-state index is 11.7. The van der Waals surface area contributed by atoms with E-state index in [4.69, 9.17) is 0 Å². The van der Waals surface area contributed by atoms with Gasteiger partial charge in [-0.2, -0.15) is 5.10 Å². The van der Waals surface area contributed by atoms with Gasteiger partial charge in [0.2, 0.25) is 5.91 Å². The summed E-state index contributed by atoms with van der Waals surface area (Å²) >= 11 is 0. The number of sulfone groups is 1. The van der Waals surface area contributed by atoms with Crippen LogP contribution in [0.1, 0.15) is 6.42 Å². The molecule has 0 radical (unpaired) electrons. The highest BCUT2D eigenvalue weighted by molar-refractivity contribution is 7.91. The predicted octanol–water partition coefficient (Wildman–Crippen LogP) is -0.865. The average molecular weight is 272 g/mol. The molecule has 1 amide bonds. The highest BCUT2D eigenvalue weighted by Gasteiger charge is 2.26. The molecule has 2 rings (SSSR count). The summed E-state index contributed by atoms with van der Waals surface area (Å²) < 4.78 is 24.4. The standard InChI is InChI=1S/C10H16N4O3S/c1-14-4-2-9(13-14)12-10(15)6-8-7-18(16,17)5-3-11-8/h2,4,8,11H,3,5-7H2,1H3,(H,12,13,15). The van der Waals surface area contributed by atoms with Crippen molar-refractivity contribution in [1.29, 1.82) is 0 Å². The molecule has 1 saturated heterocycles. The molecule has 1 unspecified atom stereocenters. The van der Waals surface area contributed by atoms with Crippen molar-refractivity contribution in [3.63, 3.8) is 0 Å². The Hall–Kier alpha value is -1.41. The molecule has 8 heteroatoms. The molecule has 1 aliphatic heterocycles. The summed E-state index contributed by atoms with van der Waals surface area (Å²) in [5.74, 6) is 0.401. The lowest BCUT2D eigenvalue weighted by molar-refractivity contribution is -0.116. The van der Waals surface area contributed by atoms with Crippen LogP contribution in [0.15, 0.2) is 12.3 Å². The fourth-order valence-electron chi connectivity index (χ4n) is 1.90. The van der Waals surface area contributed by atoms with E-state index in [9.17, 15) is 13.2 Å². The number of hydrogen-bond donors (Lipinski definition) is 2. The van der Waals surface area contributed by atoms with Gasteiger partial charge in [-0.15, -0.1) is 0 Å². The first-order chi connectivity index (χ1) is 8.44. The number of amides is 1. The molecule has 1 aromatic heterocycles. The molecule has 100 valence electrons. The number of carbonyl (C=O) groups is 1. The van der Waals surface area contributed by atoms with E-state index < -0.39 is 9.84 Å². The normalized spacial score (nSPS) is 22.6. The van der Waals surface area contributed by atoms with Gasteiger partial charge in [-0.25, -0.2) is 8.42 Å². The molecule has 1 aromatic rings. The van der Waals surface area contributed by atoms with Crippen LogP contribution in [-0.4, -0.2) is 48.2 Å². The fourth-order valence-corrected chi connectivity index (χ4v) is 3.34. The van der Waals surface area contributed by atoms with Gasteiger partial charge in [0.05, 0.1) is 11.5 Å². The highest BCUT2D eigenvalue weighted by Crippen LogP contribution is 2.07. The lowest BCUT2D eigenvalue weighted by Crippen LogP contribution is -2.46. The lowest BCUT2D eigenvalue weighted by atomic mass is 10.2. The van der Waals surface area contributed by atoms with Crippen LogP contribution < -0.4 is 10.6 Å². The van der Waals surface area contributed by atoms with Crippen molar-refractivity contribution in [2.24, 2.45) is 7.05 Å². The number of carbonyl (C=O) groups excluding carboxylic acids is 1. The third-order valence-corrected chi connectivity index (χ3v) is 4.45. The third-order valence-electron chi connectivity index (χ3n) is 2.71. The molecular formula is C10H16N4O3S. The molecule has 7 nitrogen and oxygen atoms in total. The van der Waals surface area contributed by atoms with Gasteiger partial charge in [0.15, 0.2) is 15.7 Å². The number of nitrogens with zero attached hydrogens (tertiary/aromatic N) is 2. The largest absolute Gasteiger partial charge is 0.311 e. The van der Waals surface area contributed by atoms with Gasteiger partial charge >= 0.3 is 0 Å². The number of nitrogens with one attached hydrogen (secondary N) is 2. The first-order valence-corrected chi connectivity index (χ1v) is 7.50. The molecule has 18 heavy (non-hydrogen) atoms. The zero-order valence-corrected chi connectivity index (χ0v) is 10.9. The minimum atomic E-state index is -3.01. The lowest BCUT2D eigenvalue weighted by Gasteiger charge is -2.22. The van der Waals surface area contributed by atoms with E-state index in [1.807, 2.05) is 0 Å². The Labute approximate surface area is 105 Å². The Kier molecular flexibility index (Phi) is 3.67. The monoisotopic (exact) mass is 272 g/mol. The van der Waals surface area contributed by atoms with Gasteiger partial charge in [0, 0.05) is 38.3 Å². The van der Waals surface area contributed by atoms with E-state index >= 15 is 0 Å². The SMILES string of the molecule is Cn1ccc(NC(=O)CC2CS(=O)(=O)CCN2)n1. The van der Waals surface area contributed by atoms with Crippen molar-refractivity contribution >= 4 is 21.6 Å². The maximum Gasteiger partial charge on any atom is 0.227 e. The van der Waals surface area contributed by atoms with Gasteiger partial charge in [0.25, 0.3) is 0 Å². The number of rotatable bonds is 3. The van der Waals surface area contributed by atoms with Crippen LogP contribution in [0.2, 0.25) is 0 Å². The first-order valence-electron chi connectivity index (χ1n) is 5.68. The molecule has 1 aliphatic rings. The number of aryl methyl sites for hydroxylation is 1. The summed E-state index contributed by atoms with van der Waals surface area (Å²) in [7, 11) is -1.25. The van der Waals surface area contributed by atoms with Gasteiger partial charge < -0.3 is 10.6 Å². The molecule has 0 spiro atoms. The summed E-state index contributed by atoms with van der Waals surface area (Å²) in [6.45, 7) is 0.407. The summed E-state index contributed by atoms with van der Waals surface area (Å²) in [5, 5.41) is 9.68. The van der Waals surface area contributed by atoms with Crippen LogP contribution in [-0.2, 0) is 21.7 Å². The van der Waals surface area contributed by atoms with Crippen molar-refractivity contribution in [3.05, 3.63) is 12.3 Å². The number of anilines is 1. The molecular weight excluding hydrogens is 256 g/mol. The van der Waals surface area contributed by atoms with Gasteiger partial charge in [0.1, 0.15) is 0 Å². The molecule has 0 bridgehead atoms. The molecule has 2 heterocycles. The first kappa shape index (κ1) is 13.0. The van der Waals surface area contributed by atoms with E-state index in [2.05, 4.69) is 15.7 Å². The summed E-state index contributed by atoms with van der Waals surface area (Å²) in [4.78, 5) is 11.7. The van der Waals surface area contributed by atoms with Crippen LogP contribution in [0.25, 0.3) is 0 Å². The average Bonchev–Trinajstić information content (AvgIpc) is 2.62. The summed E-state index contributed by atoms with van der Waals surface area (Å²) in [5.41, 5.74) is 0. The third kappa shape index (κ3) is 3.54. The van der Waals surface area contributed by atoms with E-state index in [1.54, 1.807) is 24.0 Å². The minimum Gasteiger partial charge on any atom is -0.311 e. The topological polar surface area (TPSA) is 93.1 Å². The van der Waals surface area contributed by atoms with Crippen LogP contribution in [0, 0.1) is 0 Å². The van der Waals surface area contributed by atoms with Crippen LogP contribution >= 0.6 is 0 Å². The smallest absolute Gasteiger partial charge is 0.227 e. The summed E-state index contributed by atoms with van der Waals surface area (Å²) in [6.07, 6.45) is 1.86. The van der Waals surface area contributed by atoms with Crippen molar-refractivity contribution in [3.8, 4) is 0 Å². The zero-order valence-electron chi connectivity index (χ0n) is 10.1. The predicted molar refractivity (Wildman–Crippen MR) is 66.9 cm³/mol. The molecule has 2 N–H and O–H groups in total. The van der Waals surface area contributed by atoms with E-state index in [0.29, 0.717) is 12.4 Å². The van der Waals surface area contributed by atoms with Crippen LogP contribution in [0.4, 0.5) is 5.82 Å². The fraction of sp³-hybridized carbons (Fsp3) is 0.600. The van der Waals surface area contributed by atoms with Crippen molar-refractivity contribution in [1.82, 2.24) is 15.1 Å². The minimum absolute atomic E-state index is 0.0165. The maximum absolute atomic E-state index is 11.7. The molecule has 1 fully saturated rings. The van der Waals surface area contributed by atoms with Crippen molar-refractivity contribution < 1.29 is 13.2 Å². The second-order valence-corrected chi connectivity index (χ2v) is 6.62.